The number of hydrogen-bond acceptors (Lipinski definition) is 7. The molecule has 0 saturated carbocycles. The molecular weight excluding hydrogens is 393 g/mol. The molecule has 4 heterocycles. The minimum atomic E-state index is -0.817. The predicted octanol–water partition coefficient (Wildman–Crippen LogP) is 2.36. The molecule has 3 aliphatic heterocycles. The molecule has 0 bridgehead atoms. The van der Waals surface area contributed by atoms with E-state index in [-0.39, 0.29) is 5.92 Å². The highest BCUT2D eigenvalue weighted by Gasteiger charge is 2.48. The van der Waals surface area contributed by atoms with Crippen molar-refractivity contribution in [2.24, 2.45) is 0 Å². The van der Waals surface area contributed by atoms with E-state index in [1.54, 1.807) is 13.3 Å². The van der Waals surface area contributed by atoms with Crippen LogP contribution in [0.1, 0.15) is 24.3 Å². The average Bonchev–Trinajstić information content (AvgIpc) is 3.34. The molecule has 1 aromatic carbocycles. The lowest BCUT2D eigenvalue weighted by Crippen LogP contribution is -2.46. The number of methoxy groups -OCH3 is 1. The Bertz CT molecular complexity index is 920. The van der Waals surface area contributed by atoms with Crippen LogP contribution < -0.4 is 14.2 Å². The normalized spacial score (nSPS) is 28.2. The summed E-state index contributed by atoms with van der Waals surface area (Å²) < 4.78 is 35.2. The molecule has 2 aromatic rings. The van der Waals surface area contributed by atoms with Crippen LogP contribution in [0.3, 0.4) is 0 Å². The highest BCUT2D eigenvalue weighted by Crippen LogP contribution is 2.53. The summed E-state index contributed by atoms with van der Waals surface area (Å²) in [5.74, 6) is 2.29. The molecule has 2 saturated heterocycles. The lowest BCUT2D eigenvalue weighted by Gasteiger charge is -2.32. The quantitative estimate of drug-likeness (QED) is 0.608. The van der Waals surface area contributed by atoms with Crippen LogP contribution >= 0.6 is 0 Å². The molecule has 0 amide bonds. The molecule has 1 aromatic heterocycles. The largest absolute Gasteiger partial charge is 0.616 e. The van der Waals surface area contributed by atoms with Crippen LogP contribution in [0.2, 0.25) is 6.32 Å². The average molecular weight is 415 g/mol. The van der Waals surface area contributed by atoms with Gasteiger partial charge in [0.15, 0.2) is 11.5 Å². The number of ether oxygens (including phenoxy) is 3. The van der Waals surface area contributed by atoms with E-state index >= 15 is 0 Å². The van der Waals surface area contributed by atoms with E-state index in [9.17, 15) is 9.58 Å². The Morgan fingerprint density at radius 2 is 2.03 bits per heavy atom. The van der Waals surface area contributed by atoms with E-state index < -0.39 is 24.1 Å². The Balaban J connectivity index is 1.51. The van der Waals surface area contributed by atoms with Gasteiger partial charge in [0.1, 0.15) is 11.5 Å². The number of fused-ring (bicyclic) bond motifs is 1. The van der Waals surface area contributed by atoms with Crippen molar-refractivity contribution in [2.75, 3.05) is 25.2 Å². The predicted molar refractivity (Wildman–Crippen MR) is 109 cm³/mol. The van der Waals surface area contributed by atoms with Crippen molar-refractivity contribution >= 4 is 18.3 Å². The standard InChI is InChI=1S/C20H22BNO6S/c1-25-17-3-2-16(14-8-13(10-22-11-14)15-9-21(23)26-12-15)18-19(17)28-20(27-18)4-6-29(24)7-5-20/h2-3,8,10-11,15,23H,4-7,9,12H2,1H3. The molecule has 5 rings (SSSR count). The highest BCUT2D eigenvalue weighted by molar-refractivity contribution is 7.91. The van der Waals surface area contributed by atoms with Gasteiger partial charge in [-0.05, 0) is 30.1 Å². The molecule has 7 nitrogen and oxygen atoms in total. The van der Waals surface area contributed by atoms with E-state index in [1.807, 2.05) is 18.3 Å². The van der Waals surface area contributed by atoms with Crippen LogP contribution in [-0.2, 0) is 15.8 Å². The fraction of sp³-hybridized carbons (Fsp3) is 0.450. The van der Waals surface area contributed by atoms with Gasteiger partial charge in [-0.3, -0.25) is 4.98 Å². The number of rotatable bonds is 3. The van der Waals surface area contributed by atoms with Crippen LogP contribution in [0.25, 0.3) is 11.1 Å². The van der Waals surface area contributed by atoms with Crippen molar-refractivity contribution in [3.05, 3.63) is 36.2 Å². The van der Waals surface area contributed by atoms with Crippen molar-refractivity contribution in [1.29, 1.82) is 0 Å². The molecule has 1 spiro atoms. The third-order valence-corrected chi connectivity index (χ3v) is 7.13. The number of nitrogens with zero attached hydrogens (tertiary/aromatic N) is 1. The Kier molecular flexibility index (Phi) is 4.86. The molecule has 3 aliphatic rings. The third-order valence-electron chi connectivity index (χ3n) is 5.81. The minimum Gasteiger partial charge on any atom is -0.616 e. The summed E-state index contributed by atoms with van der Waals surface area (Å²) in [5.41, 5.74) is 2.80. The fourth-order valence-corrected chi connectivity index (χ4v) is 5.44. The number of benzene rings is 1. The summed E-state index contributed by atoms with van der Waals surface area (Å²) in [5, 5.41) is 9.68. The van der Waals surface area contributed by atoms with E-state index in [4.69, 9.17) is 18.9 Å². The first-order valence-corrected chi connectivity index (χ1v) is 11.2. The summed E-state index contributed by atoms with van der Waals surface area (Å²) >= 11 is -0.817. The van der Waals surface area contributed by atoms with Crippen molar-refractivity contribution in [2.45, 2.75) is 30.9 Å². The second-order valence-corrected chi connectivity index (χ2v) is 9.36. The maximum atomic E-state index is 11.8. The lowest BCUT2D eigenvalue weighted by atomic mass is 9.80. The van der Waals surface area contributed by atoms with Gasteiger partial charge in [-0.1, -0.05) is 11.2 Å². The Labute approximate surface area is 172 Å². The van der Waals surface area contributed by atoms with E-state index in [0.29, 0.717) is 54.5 Å². The molecular formula is C20H22BNO6S. The van der Waals surface area contributed by atoms with Crippen molar-refractivity contribution in [3.8, 4) is 28.4 Å². The zero-order valence-electron chi connectivity index (χ0n) is 16.1. The van der Waals surface area contributed by atoms with Gasteiger partial charge in [-0.25, -0.2) is 0 Å². The van der Waals surface area contributed by atoms with Crippen LogP contribution in [0.15, 0.2) is 30.6 Å². The van der Waals surface area contributed by atoms with E-state index in [2.05, 4.69) is 11.1 Å². The zero-order chi connectivity index (χ0) is 20.0. The number of hydrogen-bond donors (Lipinski definition) is 1. The maximum Gasteiger partial charge on any atom is 0.454 e. The second-order valence-electron chi connectivity index (χ2n) is 7.66. The molecule has 0 aliphatic carbocycles. The highest BCUT2D eigenvalue weighted by atomic mass is 32.2. The topological polar surface area (TPSA) is 93.1 Å². The lowest BCUT2D eigenvalue weighted by molar-refractivity contribution is -0.0860. The van der Waals surface area contributed by atoms with Gasteiger partial charge in [0.25, 0.3) is 5.79 Å². The van der Waals surface area contributed by atoms with Gasteiger partial charge in [0.2, 0.25) is 5.75 Å². The van der Waals surface area contributed by atoms with E-state index in [1.165, 1.54) is 0 Å². The molecule has 2 fully saturated rings. The van der Waals surface area contributed by atoms with Gasteiger partial charge in [0.05, 0.1) is 20.0 Å². The summed E-state index contributed by atoms with van der Waals surface area (Å²) in [6, 6.07) is 5.87. The van der Waals surface area contributed by atoms with Crippen LogP contribution in [-0.4, -0.2) is 52.7 Å². The third kappa shape index (κ3) is 3.46. The fourth-order valence-electron chi connectivity index (χ4n) is 4.16. The van der Waals surface area contributed by atoms with Gasteiger partial charge in [-0.15, -0.1) is 0 Å². The molecule has 1 unspecified atom stereocenters. The van der Waals surface area contributed by atoms with Crippen molar-refractivity contribution in [3.63, 3.8) is 0 Å². The summed E-state index contributed by atoms with van der Waals surface area (Å²) in [6.45, 7) is 0.479. The zero-order valence-corrected chi connectivity index (χ0v) is 16.9. The van der Waals surface area contributed by atoms with Crippen LogP contribution in [0.4, 0.5) is 0 Å². The van der Waals surface area contributed by atoms with Crippen LogP contribution in [0.5, 0.6) is 17.2 Å². The summed E-state index contributed by atoms with van der Waals surface area (Å²) in [7, 11) is 0.884. The minimum absolute atomic E-state index is 0.112. The Morgan fingerprint density at radius 1 is 1.24 bits per heavy atom. The Hall–Kier alpha value is -1.94. The number of pyridine rings is 1. The van der Waals surface area contributed by atoms with Crippen LogP contribution in [0, 0.1) is 0 Å². The molecule has 1 N–H and O–H groups in total. The second kappa shape index (κ2) is 7.39. The van der Waals surface area contributed by atoms with E-state index in [0.717, 1.165) is 16.7 Å². The van der Waals surface area contributed by atoms with Crippen molar-refractivity contribution < 1.29 is 28.4 Å². The van der Waals surface area contributed by atoms with Gasteiger partial charge in [0, 0.05) is 36.0 Å². The molecule has 9 heteroatoms. The maximum absolute atomic E-state index is 11.8. The molecule has 0 radical (unpaired) electrons. The summed E-state index contributed by atoms with van der Waals surface area (Å²) in [4.78, 5) is 4.41. The van der Waals surface area contributed by atoms with Gasteiger partial charge >= 0.3 is 7.12 Å². The number of aromatic nitrogens is 1. The Morgan fingerprint density at radius 3 is 2.76 bits per heavy atom. The molecule has 152 valence electrons. The first kappa shape index (κ1) is 19.1. The molecule has 1 atom stereocenters. The monoisotopic (exact) mass is 415 g/mol. The smallest absolute Gasteiger partial charge is 0.454 e. The summed E-state index contributed by atoms with van der Waals surface area (Å²) in [6.07, 6.45) is 5.32. The molecule has 29 heavy (non-hydrogen) atoms. The van der Waals surface area contributed by atoms with Gasteiger partial charge in [-0.2, -0.15) is 0 Å². The van der Waals surface area contributed by atoms with Crippen molar-refractivity contribution in [1.82, 2.24) is 4.98 Å². The first-order valence-electron chi connectivity index (χ1n) is 9.76. The van der Waals surface area contributed by atoms with Gasteiger partial charge < -0.3 is 28.4 Å². The SMILES string of the molecule is COc1ccc(-c2cncc(C3COB(O)C3)c2)c2c1OC1(CC[S+]([O-])CC1)O2. The first-order chi connectivity index (χ1) is 14.1.